The zero-order valence-electron chi connectivity index (χ0n) is 76.4. The molecule has 4 aromatic rings. The van der Waals surface area contributed by atoms with Gasteiger partial charge in [0.1, 0.15) is 5.69 Å². The van der Waals surface area contributed by atoms with E-state index in [-0.39, 0.29) is 10.7 Å². The first-order chi connectivity index (χ1) is 67.1. The Labute approximate surface area is 1060 Å². The second-order valence-corrected chi connectivity index (χ2v) is 473. The minimum atomic E-state index is -3.37. The van der Waals surface area contributed by atoms with Crippen molar-refractivity contribution in [1.82, 2.24) is 20.4 Å². The second kappa shape index (κ2) is 95.2. The molecule has 117 heteroatoms. The fourth-order valence-electron chi connectivity index (χ4n) is 10.9. The molecule has 1 aliphatic rings. The monoisotopic (exact) mass is 3960 g/mol. The van der Waals surface area contributed by atoms with E-state index in [9.17, 15) is 8.42 Å². The van der Waals surface area contributed by atoms with Crippen LogP contribution in [0.5, 0.6) is 0 Å². The quantitative estimate of drug-likeness (QED) is 0.0415. The van der Waals surface area contributed by atoms with Crippen LogP contribution in [0.25, 0.3) is 34.0 Å². The lowest BCUT2D eigenvalue weighted by Gasteiger charge is -2.64. The second-order valence-electron chi connectivity index (χ2n) is 26.6. The van der Waals surface area contributed by atoms with Gasteiger partial charge >= 0.3 is 0 Å². The first-order valence-corrected chi connectivity index (χ1v) is 234. The Morgan fingerprint density at radius 3 is 0.800 bits per heavy atom. The molecule has 5 rings (SSSR count). The van der Waals surface area contributed by atoms with Gasteiger partial charge in [0.25, 0.3) is 0 Å². The summed E-state index contributed by atoms with van der Waals surface area (Å²) in [6.45, 7) is -19.1. The molecule has 1 fully saturated rings. The van der Waals surface area contributed by atoms with Crippen LogP contribution in [0.1, 0.15) is 32.3 Å². The summed E-state index contributed by atoms with van der Waals surface area (Å²) < 4.78 is 36.3. The van der Waals surface area contributed by atoms with E-state index in [0.29, 0.717) is 35.3 Å². The number of ether oxygens (including phenoxy) is 1. The Bertz CT molecular complexity index is 3990. The van der Waals surface area contributed by atoms with Crippen molar-refractivity contribution in [3.8, 4) is 34.0 Å². The van der Waals surface area contributed by atoms with Crippen LogP contribution in [-0.2, 0) is 21.1 Å². The molecule has 3 heterocycles. The van der Waals surface area contributed by atoms with Gasteiger partial charge in [-0.3, -0.25) is 0 Å². The zero-order valence-corrected chi connectivity index (χ0v) is 187. The Kier molecular flexibility index (Phi) is 118. The normalized spacial score (nSPS) is 16.0. The van der Waals surface area contributed by atoms with E-state index in [1.807, 2.05) is 19.1 Å². The van der Waals surface area contributed by atoms with Crippen LogP contribution in [0.15, 0.2) is 70.2 Å². The van der Waals surface area contributed by atoms with Gasteiger partial charge in [0, 0.05) is 36.4 Å². The zero-order chi connectivity index (χ0) is 111. The minimum absolute atomic E-state index is 0.213. The Morgan fingerprint density at radius 2 is 0.572 bits per heavy atom. The number of nitrogens with one attached hydrogen (secondary N) is 1. The number of anilines is 1. The van der Waals surface area contributed by atoms with Crippen molar-refractivity contribution in [1.29, 1.82) is 0 Å². The van der Waals surface area contributed by atoms with Crippen molar-refractivity contribution >= 4 is 869 Å². The van der Waals surface area contributed by atoms with Gasteiger partial charge < -0.3 is 20.3 Å². The number of rotatable bonds is 61. The molecule has 0 amide bonds. The predicted octanol–water partition coefficient (Wildman–Crippen LogP) is 67.5. The lowest BCUT2D eigenvalue weighted by atomic mass is 10.1. The summed E-state index contributed by atoms with van der Waals surface area (Å²) in [6.07, 6.45) is 3.14. The summed E-state index contributed by atoms with van der Waals surface area (Å²) >= 11 is 0. The van der Waals surface area contributed by atoms with Gasteiger partial charge in [0.15, 0.2) is 27.1 Å². The number of hydrogen-bond acceptors (Lipinski definition) is 9. The van der Waals surface area contributed by atoms with Crippen LogP contribution in [0.3, 0.4) is 0 Å². The molecule has 145 heavy (non-hydrogen) atoms. The molecular weight excluding hydrogens is 3820 g/mol. The molecule has 0 radical (unpaired) electrons. The topological polar surface area (TPSA) is 133 Å². The first-order valence-electron chi connectivity index (χ1n) is 37.1. The molecule has 0 spiro atoms. The van der Waals surface area contributed by atoms with Gasteiger partial charge in [-0.15, -0.1) is 482 Å². The molecule has 3 N–H and O–H groups in total. The third-order valence-electron chi connectivity index (χ3n) is 16.4. The van der Waals surface area contributed by atoms with Crippen LogP contribution >= 0.6 is 853 Å². The highest BCUT2D eigenvalue weighted by Gasteiger charge is 2.69. The Balaban J connectivity index is 0.000000942. The summed E-state index contributed by atoms with van der Waals surface area (Å²) in [6, 6.07) is 17.0. The summed E-state index contributed by atoms with van der Waals surface area (Å²) in [4.78, 5) is 9.22. The number of sulfone groups is 1. The first kappa shape index (κ1) is 180. The average Bonchev–Trinajstić information content (AvgIpc) is 1.35. The number of aromatic nitrogens is 3. The van der Waals surface area contributed by atoms with E-state index in [0.717, 1.165) is 45.3 Å². The van der Waals surface area contributed by atoms with Crippen LogP contribution in [0.2, 0.25) is 0 Å². The molecule has 9 nitrogen and oxygen atoms in total. The Morgan fingerprint density at radius 1 is 0.345 bits per heavy atom. The van der Waals surface area contributed by atoms with Crippen LogP contribution in [-0.4, -0.2) is 48.0 Å². The van der Waals surface area contributed by atoms with Gasteiger partial charge in [-0.25, -0.2) is 18.4 Å². The van der Waals surface area contributed by atoms with Crippen molar-refractivity contribution in [3.63, 3.8) is 0 Å². The molecule has 842 valence electrons. The standard InChI is InChI=1S/C28H31N5O4S.H109P107/c1-3-18(2)38(34,35)23-10-8-21(9-11-23)25-16-31-28(29)27(32-25)26-14-24(33-37-26)20-6-4-19(5-7-20)15-30-22-12-13-36-17-22;1-55-82(54)96(83(56(2)3)57(4)5)103(97(84(58(6)7)59(8)9)85(60(10)11)61(12)13)106(102(94(78(46)47)79(48)49)95(80(50)51)81(52)53)107(104(98(86(62(14)15)63(16)17)87(64(18)19)65(20)21)99(88(66(22)23)67(24)25)89(68(26)27)69(28)29)105(100(90(70(30)31)71(32)33)91(72(34)35)73(36)37)101(92(74(38)39)75(40)41)93(76(42)43)77(44)45/h4-11,14,16,18,22,30H,3,12-13,15,17H2,1-2H3,(H2,29,31);55H,1-54H2/t18?,22-;/m0./s1. The maximum atomic E-state index is 12.6. The van der Waals surface area contributed by atoms with Gasteiger partial charge in [0.2, 0.25) is 0 Å². The maximum absolute atomic E-state index is 12.6. The summed E-state index contributed by atoms with van der Waals surface area (Å²) in [5.74, 6) is 0.611. The number of nitrogen functional groups attached to an aromatic ring is 1. The van der Waals surface area contributed by atoms with E-state index in [4.69, 9.17) is 15.0 Å². The largest absolute Gasteiger partial charge is 0.382 e. The van der Waals surface area contributed by atoms with Crippen molar-refractivity contribution in [2.45, 2.75) is 49.4 Å². The maximum Gasteiger partial charge on any atom is 0.189 e. The highest BCUT2D eigenvalue weighted by molar-refractivity contribution is 9.61. The Hall–Kier alpha value is 42.4. The molecule has 0 saturated carbocycles. The van der Waals surface area contributed by atoms with Crippen LogP contribution in [0, 0.1) is 0 Å². The van der Waals surface area contributed by atoms with Crippen molar-refractivity contribution < 1.29 is 17.7 Å². The van der Waals surface area contributed by atoms with E-state index in [1.54, 1.807) is 43.5 Å². The molecule has 2 aromatic heterocycles. The van der Waals surface area contributed by atoms with Crippen LogP contribution in [0.4, 0.5) is 5.82 Å². The van der Waals surface area contributed by atoms with Gasteiger partial charge in [0.05, 0.1) is 28.6 Å². The predicted molar refractivity (Wildman–Crippen MR) is 1040 cm³/mol. The van der Waals surface area contributed by atoms with Gasteiger partial charge in [-0.1, -0.05) is 56.4 Å². The van der Waals surface area contributed by atoms with Crippen molar-refractivity contribution in [3.05, 3.63) is 66.4 Å². The van der Waals surface area contributed by atoms with Gasteiger partial charge in [-0.05, 0) is 401 Å². The SMILES string of the molecule is CCC(C)S(=O)(=O)c1ccc(-c2cnc(N)c(-c3cc(-c4ccc(CN[C@H]5CCOC5)cc4)no3)n2)cc1.PPP(P)P(P(P(P)P)P(P)P)P(P(P(P(P)P)P(P)P)P(P(P)P)P(P)P)P(P(P(P(P)P)P(P)P)P(P(P)P)P(P)P)P(P(P(P(P(P)P)P(P)P)P(P(P)P)P(P)P)P(P(P(P)P)P(P)P)P(P(P)P)P(P)P)P(P(P(P(P)P)P(P)P)P(P(P)P)P(P)P)P(P(P(P)P)P(P)P)P(P(P)P)P(P)P. The number of nitrogens with two attached hydrogens (primary N) is 1. The number of hydrogen-bond donors (Lipinski definition) is 2. The molecule has 2 aromatic carbocycles. The lowest BCUT2D eigenvalue weighted by molar-refractivity contribution is 0.190. The fourth-order valence-corrected chi connectivity index (χ4v) is 1610. The van der Waals surface area contributed by atoms with Gasteiger partial charge in [-0.2, -0.15) is 0 Å². The molecule has 61 atom stereocenters. The molecule has 0 bridgehead atoms. The number of nitrogens with zero attached hydrogens (tertiary/aromatic N) is 3. The lowest BCUT2D eigenvalue weighted by Crippen LogP contribution is -2.28. The smallest absolute Gasteiger partial charge is 0.189 e. The van der Waals surface area contributed by atoms with Crippen molar-refractivity contribution in [2.24, 2.45) is 0 Å². The molecule has 60 unspecified atom stereocenters. The molecule has 1 saturated heterocycles. The summed E-state index contributed by atoms with van der Waals surface area (Å²) in [5.41, 5.74) is 10.5. The third-order valence-corrected chi connectivity index (χ3v) is 782. The van der Waals surface area contributed by atoms with E-state index < -0.39 is 378 Å². The van der Waals surface area contributed by atoms with E-state index in [1.165, 1.54) is 5.56 Å². The molecule has 0 aliphatic carbocycles. The van der Waals surface area contributed by atoms with Crippen molar-refractivity contribution in [2.75, 3.05) is 18.9 Å². The average molecular weight is 3960 g/mol. The fraction of sp³-hybridized carbons (Fsp3) is 0.321. The molecule has 1 aliphatic heterocycles. The summed E-state index contributed by atoms with van der Waals surface area (Å²) in [7, 11) is 205. The van der Waals surface area contributed by atoms with Crippen LogP contribution < -0.4 is 11.1 Å². The highest BCUT2D eigenvalue weighted by Crippen LogP contribution is 3.56. The van der Waals surface area contributed by atoms with E-state index in [2.05, 4.69) is 515 Å². The highest BCUT2D eigenvalue weighted by atomic mass is 33.7. The molecular formula is C28H140N5O4P107S. The van der Waals surface area contributed by atoms with E-state index >= 15 is 0 Å². The number of benzene rings is 2. The summed E-state index contributed by atoms with van der Waals surface area (Å²) in [5, 5.41) is 7.27. The third kappa shape index (κ3) is 58.8. The minimum Gasteiger partial charge on any atom is -0.382 e.